The number of aliphatic hydroxyl groups excluding tert-OH is 1. The Hall–Kier alpha value is -3.59. The Morgan fingerprint density at radius 2 is 1.09 bits per heavy atom. The lowest BCUT2D eigenvalue weighted by Gasteiger charge is -2.18. The standard InChI is InChI=1S/C45H69O9P/c1-3-5-7-9-11-13-15-17-18-19-20-21-22-24-26-28-30-32-34-38-45(48)54-43(41-53-55(49,50)51)40-52-44(47)39-35-37-42(46)36-33-31-29-27-25-23-16-14-12-10-8-6-4-2/h5,7,11-14,17-18,20-21,23-26,29-33,36,42-43,46H,3-4,6,8-10,15-16,19,22,27-28,34-35,37-41H2,1-2H3,(H2,49,50,51)/b7-5-,13-11-,14-12-,18-17-,21-20-,25-23-,26-24-,31-29-,32-30-,36-33+/t42-,43-/m1/s1. The molecule has 2 atom stereocenters. The van der Waals surface area contributed by atoms with Crippen LogP contribution in [0, 0.1) is 0 Å². The Labute approximate surface area is 331 Å². The van der Waals surface area contributed by atoms with Crippen LogP contribution in [0.15, 0.2) is 122 Å². The van der Waals surface area contributed by atoms with E-state index in [9.17, 15) is 19.3 Å². The first kappa shape index (κ1) is 51.4. The molecule has 10 heteroatoms. The van der Waals surface area contributed by atoms with E-state index in [1.54, 1.807) is 12.2 Å². The summed E-state index contributed by atoms with van der Waals surface area (Å²) in [5, 5.41) is 10.2. The Morgan fingerprint density at radius 3 is 1.62 bits per heavy atom. The normalized spacial score (nSPS) is 14.3. The third-order valence-corrected chi connectivity index (χ3v) is 8.07. The number of esters is 2. The maximum absolute atomic E-state index is 12.4. The Bertz CT molecular complexity index is 1310. The van der Waals surface area contributed by atoms with Gasteiger partial charge < -0.3 is 24.4 Å². The summed E-state index contributed by atoms with van der Waals surface area (Å²) in [7, 11) is -4.83. The lowest BCUT2D eigenvalue weighted by Crippen LogP contribution is -2.29. The molecular weight excluding hydrogens is 715 g/mol. The largest absolute Gasteiger partial charge is 0.469 e. The zero-order valence-electron chi connectivity index (χ0n) is 33.4. The zero-order chi connectivity index (χ0) is 40.5. The first-order chi connectivity index (χ1) is 26.7. The lowest BCUT2D eigenvalue weighted by atomic mass is 10.1. The number of carbonyl (C=O) groups is 2. The summed E-state index contributed by atoms with van der Waals surface area (Å²) < 4.78 is 26.1. The molecule has 0 aliphatic rings. The number of aliphatic hydroxyl groups is 1. The number of ether oxygens (including phenoxy) is 2. The summed E-state index contributed by atoms with van der Waals surface area (Å²) in [5.41, 5.74) is 0. The predicted molar refractivity (Wildman–Crippen MR) is 226 cm³/mol. The molecule has 0 aromatic heterocycles. The van der Waals surface area contributed by atoms with Gasteiger partial charge in [0.2, 0.25) is 0 Å². The molecule has 0 spiro atoms. The first-order valence-electron chi connectivity index (χ1n) is 19.9. The van der Waals surface area contributed by atoms with Gasteiger partial charge in [-0.05, 0) is 83.5 Å². The van der Waals surface area contributed by atoms with Crippen LogP contribution in [0.25, 0.3) is 0 Å². The van der Waals surface area contributed by atoms with Crippen molar-refractivity contribution in [2.24, 2.45) is 0 Å². The monoisotopic (exact) mass is 784 g/mol. The molecule has 9 nitrogen and oxygen atoms in total. The van der Waals surface area contributed by atoms with Gasteiger partial charge in [-0.25, -0.2) is 4.57 Å². The van der Waals surface area contributed by atoms with Crippen molar-refractivity contribution in [1.82, 2.24) is 0 Å². The van der Waals surface area contributed by atoms with E-state index in [1.807, 2.05) is 30.4 Å². The van der Waals surface area contributed by atoms with Crippen LogP contribution >= 0.6 is 7.82 Å². The van der Waals surface area contributed by atoms with Crippen LogP contribution in [-0.4, -0.2) is 52.3 Å². The van der Waals surface area contributed by atoms with Crippen LogP contribution in [0.3, 0.4) is 0 Å². The zero-order valence-corrected chi connectivity index (χ0v) is 34.3. The summed E-state index contributed by atoms with van der Waals surface area (Å²) >= 11 is 0. The Kier molecular flexibility index (Phi) is 36.2. The van der Waals surface area contributed by atoms with E-state index < -0.39 is 45.2 Å². The van der Waals surface area contributed by atoms with E-state index in [0.29, 0.717) is 19.3 Å². The molecule has 308 valence electrons. The van der Waals surface area contributed by atoms with Crippen molar-refractivity contribution in [1.29, 1.82) is 0 Å². The molecule has 0 aromatic carbocycles. The van der Waals surface area contributed by atoms with Crippen LogP contribution in [0.1, 0.15) is 123 Å². The van der Waals surface area contributed by atoms with E-state index >= 15 is 0 Å². The molecule has 0 rings (SSSR count). The lowest BCUT2D eigenvalue weighted by molar-refractivity contribution is -0.161. The fourth-order valence-corrected chi connectivity index (χ4v) is 4.98. The highest BCUT2D eigenvalue weighted by atomic mass is 31.2. The summed E-state index contributed by atoms with van der Waals surface area (Å²) in [6.45, 7) is 3.28. The molecule has 0 aromatic rings. The summed E-state index contributed by atoms with van der Waals surface area (Å²) in [4.78, 5) is 42.8. The molecule has 0 saturated carbocycles. The average Bonchev–Trinajstić information content (AvgIpc) is 3.15. The third kappa shape index (κ3) is 41.4. The number of phosphoric acid groups is 1. The second kappa shape index (κ2) is 38.7. The van der Waals surface area contributed by atoms with E-state index in [0.717, 1.165) is 57.8 Å². The van der Waals surface area contributed by atoms with Gasteiger partial charge in [0.15, 0.2) is 6.10 Å². The Morgan fingerprint density at radius 1 is 0.582 bits per heavy atom. The molecule has 0 bridgehead atoms. The van der Waals surface area contributed by atoms with Crippen LogP contribution < -0.4 is 0 Å². The molecule has 0 heterocycles. The van der Waals surface area contributed by atoms with Gasteiger partial charge in [0.25, 0.3) is 0 Å². The molecule has 0 unspecified atom stereocenters. The van der Waals surface area contributed by atoms with E-state index in [1.165, 1.54) is 19.3 Å². The van der Waals surface area contributed by atoms with Crippen LogP contribution in [0.5, 0.6) is 0 Å². The van der Waals surface area contributed by atoms with Crippen LogP contribution in [0.4, 0.5) is 0 Å². The highest BCUT2D eigenvalue weighted by Crippen LogP contribution is 2.35. The third-order valence-electron chi connectivity index (χ3n) is 7.58. The van der Waals surface area contributed by atoms with E-state index in [-0.39, 0.29) is 12.8 Å². The SMILES string of the molecule is CC/C=C\C/C=C\C/C=C\C/C=C\C/C=C\C/C=C\CCC(=O)O[C@H](COC(=O)CCC[C@H](O)/C=C/C=C\C/C=C\C/C=C\CCCCC)COP(=O)(O)O. The van der Waals surface area contributed by atoms with Crippen molar-refractivity contribution >= 4 is 19.8 Å². The first-order valence-corrected chi connectivity index (χ1v) is 21.5. The highest BCUT2D eigenvalue weighted by molar-refractivity contribution is 7.46. The fraction of sp³-hybridized carbons (Fsp3) is 0.511. The van der Waals surface area contributed by atoms with Crippen molar-refractivity contribution in [2.75, 3.05) is 13.2 Å². The number of unbranched alkanes of at least 4 members (excludes halogenated alkanes) is 3. The van der Waals surface area contributed by atoms with Gasteiger partial charge >= 0.3 is 19.8 Å². The molecule has 55 heavy (non-hydrogen) atoms. The molecule has 0 radical (unpaired) electrons. The molecule has 0 amide bonds. The molecule has 3 N–H and O–H groups in total. The van der Waals surface area contributed by atoms with E-state index in [2.05, 4.69) is 97.4 Å². The second-order valence-electron chi connectivity index (χ2n) is 12.7. The minimum Gasteiger partial charge on any atom is -0.462 e. The minimum absolute atomic E-state index is 0.0152. The number of phosphoric ester groups is 1. The summed E-state index contributed by atoms with van der Waals surface area (Å²) in [6, 6.07) is 0. The highest BCUT2D eigenvalue weighted by Gasteiger charge is 2.22. The van der Waals surface area contributed by atoms with Gasteiger partial charge in [0.05, 0.1) is 12.7 Å². The second-order valence-corrected chi connectivity index (χ2v) is 14.0. The van der Waals surface area contributed by atoms with E-state index in [4.69, 9.17) is 19.3 Å². The van der Waals surface area contributed by atoms with Crippen LogP contribution in [0.2, 0.25) is 0 Å². The van der Waals surface area contributed by atoms with Crippen molar-refractivity contribution in [3.05, 3.63) is 122 Å². The van der Waals surface area contributed by atoms with Gasteiger partial charge in [-0.2, -0.15) is 0 Å². The van der Waals surface area contributed by atoms with Gasteiger partial charge in [0, 0.05) is 12.8 Å². The number of carbonyl (C=O) groups excluding carboxylic acids is 2. The minimum atomic E-state index is -4.83. The number of rotatable bonds is 34. The average molecular weight is 785 g/mol. The molecule has 0 saturated heterocycles. The molecular formula is C45H69O9P. The fourth-order valence-electron chi connectivity index (χ4n) is 4.62. The van der Waals surface area contributed by atoms with Crippen LogP contribution in [-0.2, 0) is 28.2 Å². The smallest absolute Gasteiger partial charge is 0.462 e. The summed E-state index contributed by atoms with van der Waals surface area (Å²) in [6.07, 6.45) is 52.5. The predicted octanol–water partition coefficient (Wildman–Crippen LogP) is 11.1. The molecule has 0 aliphatic carbocycles. The number of hydrogen-bond acceptors (Lipinski definition) is 7. The van der Waals surface area contributed by atoms with Gasteiger partial charge in [-0.3, -0.25) is 14.1 Å². The maximum Gasteiger partial charge on any atom is 0.469 e. The van der Waals surface area contributed by atoms with Crippen molar-refractivity contribution < 1.29 is 43.0 Å². The molecule has 0 fully saturated rings. The van der Waals surface area contributed by atoms with Gasteiger partial charge in [0.1, 0.15) is 6.61 Å². The Balaban J connectivity index is 4.30. The summed E-state index contributed by atoms with van der Waals surface area (Å²) in [5.74, 6) is -1.20. The molecule has 0 aliphatic heterocycles. The van der Waals surface area contributed by atoms with Gasteiger partial charge in [-0.15, -0.1) is 0 Å². The van der Waals surface area contributed by atoms with Crippen molar-refractivity contribution in [3.8, 4) is 0 Å². The van der Waals surface area contributed by atoms with Crippen molar-refractivity contribution in [3.63, 3.8) is 0 Å². The number of allylic oxidation sites excluding steroid dienone is 19. The quantitative estimate of drug-likeness (QED) is 0.0191. The maximum atomic E-state index is 12.4. The number of hydrogen-bond donors (Lipinski definition) is 3. The van der Waals surface area contributed by atoms with Crippen molar-refractivity contribution in [2.45, 2.75) is 135 Å². The van der Waals surface area contributed by atoms with Gasteiger partial charge in [-0.1, -0.05) is 148 Å². The topological polar surface area (TPSA) is 140 Å².